The zero-order chi connectivity index (χ0) is 45.4. The summed E-state index contributed by atoms with van der Waals surface area (Å²) in [6.45, 7) is 3.21. The van der Waals surface area contributed by atoms with Gasteiger partial charge in [-0.1, -0.05) is 41.6 Å². The summed E-state index contributed by atoms with van der Waals surface area (Å²) >= 11 is 0. The number of para-hydroxylation sites is 1. The number of sulfonamides is 1. The summed E-state index contributed by atoms with van der Waals surface area (Å²) in [5.74, 6) is -4.51. The summed E-state index contributed by atoms with van der Waals surface area (Å²) < 4.78 is 48.4. The molecule has 1 fully saturated rings. The lowest BCUT2D eigenvalue weighted by Crippen LogP contribution is -2.54. The number of carbonyl (C=O) groups excluding carboxylic acids is 5. The molecule has 8 rings (SSSR count). The van der Waals surface area contributed by atoms with Crippen LogP contribution >= 0.6 is 0 Å². The minimum absolute atomic E-state index is 0.000212. The number of piperidine rings is 1. The summed E-state index contributed by atoms with van der Waals surface area (Å²) in [6.07, 6.45) is -0.794. The SMILES string of the molecule is Cc1ccc(C(CC(=O)O)c2cc(OCCNC(=O)COc3cccc4c3C(=O)N(C3CCC(=O)NC3=O)C4=O)c3c(c2)nnn3C)cc1CN1CC(C)Oc2ccccc2S1(=O)=O. The molecule has 3 aliphatic rings. The number of aliphatic carboxylic acids is 1. The monoisotopic (exact) mass is 893 g/mol. The van der Waals surface area contributed by atoms with Crippen molar-refractivity contribution in [2.24, 2.45) is 7.05 Å². The van der Waals surface area contributed by atoms with Crippen LogP contribution in [-0.4, -0.2) is 112 Å². The number of rotatable bonds is 14. The number of benzene rings is 4. The van der Waals surface area contributed by atoms with E-state index in [4.69, 9.17) is 14.2 Å². The van der Waals surface area contributed by atoms with Crippen molar-refractivity contribution in [2.75, 3.05) is 26.3 Å². The molecular formula is C44H43N7O12S. The van der Waals surface area contributed by atoms with Crippen molar-refractivity contribution in [2.45, 2.75) is 62.6 Å². The Morgan fingerprint density at radius 3 is 2.56 bits per heavy atom. The van der Waals surface area contributed by atoms with Crippen molar-refractivity contribution in [1.82, 2.24) is 34.8 Å². The molecule has 3 N–H and O–H groups in total. The fourth-order valence-electron chi connectivity index (χ4n) is 8.20. The first kappa shape index (κ1) is 43.5. The second-order valence-electron chi connectivity index (χ2n) is 15.7. The van der Waals surface area contributed by atoms with E-state index < -0.39 is 70.2 Å². The number of aromatic nitrogens is 3. The maximum absolute atomic E-state index is 13.9. The molecule has 4 heterocycles. The third-order valence-electron chi connectivity index (χ3n) is 11.3. The molecule has 19 nitrogen and oxygen atoms in total. The molecule has 0 bridgehead atoms. The molecular weight excluding hydrogens is 851 g/mol. The molecule has 4 aromatic carbocycles. The van der Waals surface area contributed by atoms with E-state index in [1.54, 1.807) is 44.3 Å². The molecule has 3 unspecified atom stereocenters. The van der Waals surface area contributed by atoms with Gasteiger partial charge in [-0.25, -0.2) is 13.1 Å². The Balaban J connectivity index is 0.956. The largest absolute Gasteiger partial charge is 0.489 e. The molecule has 20 heteroatoms. The van der Waals surface area contributed by atoms with E-state index in [9.17, 15) is 42.3 Å². The van der Waals surface area contributed by atoms with Crippen molar-refractivity contribution in [1.29, 1.82) is 0 Å². The summed E-state index contributed by atoms with van der Waals surface area (Å²) in [4.78, 5) is 76.9. The number of imide groups is 2. The topological polar surface area (TPSA) is 246 Å². The van der Waals surface area contributed by atoms with Crippen LogP contribution in [0.1, 0.15) is 75.1 Å². The molecule has 5 aromatic rings. The second kappa shape index (κ2) is 17.5. The summed E-state index contributed by atoms with van der Waals surface area (Å²) in [5, 5.41) is 23.4. The number of ether oxygens (including phenoxy) is 3. The number of carboxylic acids is 1. The molecule has 0 radical (unpaired) electrons. The lowest BCUT2D eigenvalue weighted by molar-refractivity contribution is -0.138. The van der Waals surface area contributed by atoms with E-state index in [0.29, 0.717) is 33.5 Å². The number of carbonyl (C=O) groups is 6. The van der Waals surface area contributed by atoms with Crippen LogP contribution in [0.4, 0.5) is 0 Å². The maximum Gasteiger partial charge on any atom is 0.304 e. The zero-order valence-corrected chi connectivity index (χ0v) is 35.7. The first-order valence-corrected chi connectivity index (χ1v) is 21.8. The minimum Gasteiger partial charge on any atom is -0.489 e. The van der Waals surface area contributed by atoms with Crippen molar-refractivity contribution in [3.05, 3.63) is 106 Å². The Kier molecular flexibility index (Phi) is 11.9. The molecule has 0 spiro atoms. The molecule has 64 heavy (non-hydrogen) atoms. The normalized spacial score (nSPS) is 18.7. The number of amides is 5. The Labute approximate surface area is 366 Å². The predicted octanol–water partition coefficient (Wildman–Crippen LogP) is 2.83. The molecule has 3 aliphatic heterocycles. The van der Waals surface area contributed by atoms with Gasteiger partial charge in [0.25, 0.3) is 17.7 Å². The van der Waals surface area contributed by atoms with E-state index in [1.807, 2.05) is 25.1 Å². The molecule has 0 saturated carbocycles. The quantitative estimate of drug-likeness (QED) is 0.107. The highest BCUT2D eigenvalue weighted by molar-refractivity contribution is 7.89. The average molecular weight is 894 g/mol. The van der Waals surface area contributed by atoms with Crippen molar-refractivity contribution in [3.8, 4) is 17.2 Å². The average Bonchev–Trinajstić information content (AvgIpc) is 3.73. The number of hydrogen-bond acceptors (Lipinski definition) is 13. The maximum atomic E-state index is 13.9. The van der Waals surface area contributed by atoms with E-state index in [0.717, 1.165) is 10.5 Å². The van der Waals surface area contributed by atoms with Crippen molar-refractivity contribution >= 4 is 56.6 Å². The summed E-state index contributed by atoms with van der Waals surface area (Å²) in [6, 6.07) is 18.6. The van der Waals surface area contributed by atoms with Crippen LogP contribution in [0.5, 0.6) is 17.2 Å². The number of carboxylic acid groups (broad SMARTS) is 1. The first-order valence-electron chi connectivity index (χ1n) is 20.4. The van der Waals surface area contributed by atoms with Gasteiger partial charge in [-0.2, -0.15) is 4.31 Å². The van der Waals surface area contributed by atoms with Gasteiger partial charge in [0.05, 0.1) is 30.6 Å². The van der Waals surface area contributed by atoms with E-state index >= 15 is 0 Å². The summed E-state index contributed by atoms with van der Waals surface area (Å²) in [7, 11) is -2.27. The molecule has 5 amide bonds. The fourth-order valence-corrected chi connectivity index (χ4v) is 9.81. The van der Waals surface area contributed by atoms with Crippen molar-refractivity contribution in [3.63, 3.8) is 0 Å². The predicted molar refractivity (Wildman–Crippen MR) is 225 cm³/mol. The Bertz CT molecular complexity index is 2860. The van der Waals surface area contributed by atoms with Crippen LogP contribution < -0.4 is 24.8 Å². The van der Waals surface area contributed by atoms with Crippen LogP contribution in [0.15, 0.2) is 77.7 Å². The van der Waals surface area contributed by atoms with Crippen LogP contribution in [0.3, 0.4) is 0 Å². The second-order valence-corrected chi connectivity index (χ2v) is 17.6. The first-order chi connectivity index (χ1) is 30.6. The zero-order valence-electron chi connectivity index (χ0n) is 34.9. The highest BCUT2D eigenvalue weighted by atomic mass is 32.2. The van der Waals surface area contributed by atoms with Gasteiger partial charge < -0.3 is 24.6 Å². The van der Waals surface area contributed by atoms with Gasteiger partial charge >= 0.3 is 5.97 Å². The number of nitrogens with one attached hydrogen (secondary N) is 2. The van der Waals surface area contributed by atoms with Gasteiger partial charge in [-0.15, -0.1) is 5.10 Å². The van der Waals surface area contributed by atoms with Gasteiger partial charge in [0, 0.05) is 25.9 Å². The van der Waals surface area contributed by atoms with Gasteiger partial charge in [0.15, 0.2) is 6.61 Å². The minimum atomic E-state index is -3.94. The van der Waals surface area contributed by atoms with Crippen LogP contribution in [0.2, 0.25) is 0 Å². The lowest BCUT2D eigenvalue weighted by Gasteiger charge is -2.27. The molecule has 0 aliphatic carbocycles. The van der Waals surface area contributed by atoms with Gasteiger partial charge in [0.1, 0.15) is 51.9 Å². The van der Waals surface area contributed by atoms with E-state index in [2.05, 4.69) is 20.9 Å². The number of fused-ring (bicyclic) bond motifs is 3. The van der Waals surface area contributed by atoms with Crippen molar-refractivity contribution < 1.29 is 56.5 Å². The third kappa shape index (κ3) is 8.48. The highest BCUT2D eigenvalue weighted by Gasteiger charge is 2.46. The molecule has 1 aromatic heterocycles. The molecule has 1 saturated heterocycles. The number of hydrogen-bond donors (Lipinski definition) is 3. The fraction of sp³-hybridized carbons (Fsp3) is 0.318. The van der Waals surface area contributed by atoms with Gasteiger partial charge in [-0.3, -0.25) is 39.0 Å². The van der Waals surface area contributed by atoms with Crippen LogP contribution in [-0.2, 0) is 42.8 Å². The van der Waals surface area contributed by atoms with E-state index in [1.165, 1.54) is 33.3 Å². The third-order valence-corrected chi connectivity index (χ3v) is 13.2. The van der Waals surface area contributed by atoms with Gasteiger partial charge in [0.2, 0.25) is 21.8 Å². The van der Waals surface area contributed by atoms with Crippen LogP contribution in [0.25, 0.3) is 11.0 Å². The Morgan fingerprint density at radius 1 is 0.984 bits per heavy atom. The Morgan fingerprint density at radius 2 is 1.78 bits per heavy atom. The highest BCUT2D eigenvalue weighted by Crippen LogP contribution is 2.38. The standard InChI is InChI=1S/C44H43N7O12S/c1-24-11-12-26(17-28(24)22-50-21-25(2)63-33-8-4-5-10-36(33)64(50,59)60)30(20-39(54)55)27-18-31-41(49(3)48-47-31)35(19-27)61-16-15-45-38(53)23-62-34-9-6-7-29-40(34)44(58)51(43(29)57)32-13-14-37(52)46-42(32)56/h4-12,17-19,25,30,32H,13-16,20-23H2,1-3H3,(H,45,53)(H,54,55)(H,46,52,56). The Hall–Kier alpha value is -7.19. The summed E-state index contributed by atoms with van der Waals surface area (Å²) in [5.41, 5.74) is 3.54. The van der Waals surface area contributed by atoms with E-state index in [-0.39, 0.29) is 73.0 Å². The molecule has 3 atom stereocenters. The van der Waals surface area contributed by atoms with Crippen LogP contribution in [0, 0.1) is 6.92 Å². The molecule has 332 valence electrons. The van der Waals surface area contributed by atoms with Gasteiger partial charge in [-0.05, 0) is 78.9 Å². The smallest absolute Gasteiger partial charge is 0.304 e. The lowest BCUT2D eigenvalue weighted by atomic mass is 9.86. The number of aryl methyl sites for hydroxylation is 2. The number of nitrogens with zero attached hydrogens (tertiary/aromatic N) is 5.